The first-order valence-corrected chi connectivity index (χ1v) is 16.3. The van der Waals surface area contributed by atoms with Crippen LogP contribution in [0.2, 0.25) is 0 Å². The lowest BCUT2D eigenvalue weighted by atomic mass is 9.87. The summed E-state index contributed by atoms with van der Waals surface area (Å²) in [5, 5.41) is 20.9. The summed E-state index contributed by atoms with van der Waals surface area (Å²) in [5.41, 5.74) is 4.79. The molecule has 0 spiro atoms. The van der Waals surface area contributed by atoms with Gasteiger partial charge in [-0.3, -0.25) is 0 Å². The van der Waals surface area contributed by atoms with Crippen LogP contribution in [0.4, 0.5) is 0 Å². The highest BCUT2D eigenvalue weighted by atomic mass is 16.5. The van der Waals surface area contributed by atoms with Crippen molar-refractivity contribution in [1.29, 1.82) is 0 Å². The van der Waals surface area contributed by atoms with E-state index in [2.05, 4.69) is 45.0 Å². The van der Waals surface area contributed by atoms with E-state index >= 15 is 0 Å². The Morgan fingerprint density at radius 2 is 0.973 bits per heavy atom. The molecule has 214 valence electrons. The maximum Gasteiger partial charge on any atom is 0.174 e. The Morgan fingerprint density at radius 1 is 0.541 bits per heavy atom. The van der Waals surface area contributed by atoms with Crippen LogP contribution in [0.1, 0.15) is 173 Å². The molecule has 0 saturated carbocycles. The molecule has 0 unspecified atom stereocenters. The highest BCUT2D eigenvalue weighted by Crippen LogP contribution is 2.33. The molecule has 0 bridgehead atoms. The molecule has 2 N–H and O–H groups in total. The van der Waals surface area contributed by atoms with Crippen molar-refractivity contribution in [3.05, 3.63) is 41.0 Å². The zero-order valence-corrected chi connectivity index (χ0v) is 25.0. The Morgan fingerprint density at radius 3 is 1.51 bits per heavy atom. The van der Waals surface area contributed by atoms with E-state index in [4.69, 9.17) is 0 Å². The van der Waals surface area contributed by atoms with Gasteiger partial charge in [-0.05, 0) is 60.8 Å². The molecule has 0 radical (unpaired) electrons. The van der Waals surface area contributed by atoms with E-state index in [0.29, 0.717) is 0 Å². The van der Waals surface area contributed by atoms with Gasteiger partial charge in [0.25, 0.3) is 0 Å². The van der Waals surface area contributed by atoms with Gasteiger partial charge in [0.2, 0.25) is 0 Å². The van der Waals surface area contributed by atoms with Crippen LogP contribution in [0, 0.1) is 0 Å². The topological polar surface area (TPSA) is 40.5 Å². The van der Waals surface area contributed by atoms with Gasteiger partial charge in [-0.1, -0.05) is 154 Å². The standard InChI is InChI=1S/C35H62O2/c1-4-7-10-13-15-17-19-21-26-31-27-24-25-28-32(31)33(29-23-20-18-16-14-11-8-5-2)34(35(36)37)30-22-12-9-6-3/h24-25,27-28,35-37H,4-23,26,29-30H2,1-3H3. The Hall–Kier alpha value is -1.12. The number of hydrogen-bond acceptors (Lipinski definition) is 2. The largest absolute Gasteiger partial charge is 0.365 e. The van der Waals surface area contributed by atoms with Gasteiger partial charge >= 0.3 is 0 Å². The van der Waals surface area contributed by atoms with Crippen LogP contribution in [0.5, 0.6) is 0 Å². The third kappa shape index (κ3) is 16.4. The number of aryl methyl sites for hydroxylation is 1. The molecule has 37 heavy (non-hydrogen) atoms. The van der Waals surface area contributed by atoms with Gasteiger partial charge in [0, 0.05) is 0 Å². The number of rotatable bonds is 25. The molecule has 0 aromatic heterocycles. The fourth-order valence-electron chi connectivity index (χ4n) is 5.56. The maximum absolute atomic E-state index is 10.4. The maximum atomic E-state index is 10.4. The number of allylic oxidation sites excluding steroid dienone is 1. The number of aliphatic hydroxyl groups is 2. The van der Waals surface area contributed by atoms with Crippen LogP contribution in [-0.2, 0) is 6.42 Å². The number of unbranched alkanes of at least 4 members (excludes halogenated alkanes) is 17. The average Bonchev–Trinajstić information content (AvgIpc) is 2.90. The number of benzene rings is 1. The summed E-state index contributed by atoms with van der Waals surface area (Å²) in [6, 6.07) is 8.82. The first-order valence-electron chi connectivity index (χ1n) is 16.3. The molecule has 0 heterocycles. The van der Waals surface area contributed by atoms with Crippen LogP contribution >= 0.6 is 0 Å². The third-order valence-corrected chi connectivity index (χ3v) is 7.92. The van der Waals surface area contributed by atoms with Gasteiger partial charge in [-0.25, -0.2) is 0 Å². The highest BCUT2D eigenvalue weighted by molar-refractivity contribution is 5.71. The smallest absolute Gasteiger partial charge is 0.174 e. The predicted octanol–water partition coefficient (Wildman–Crippen LogP) is 10.9. The van der Waals surface area contributed by atoms with Gasteiger partial charge in [-0.2, -0.15) is 0 Å². The van der Waals surface area contributed by atoms with Crippen molar-refractivity contribution in [3.8, 4) is 0 Å². The summed E-state index contributed by atoms with van der Waals surface area (Å²) >= 11 is 0. The summed E-state index contributed by atoms with van der Waals surface area (Å²) in [4.78, 5) is 0. The molecule has 2 nitrogen and oxygen atoms in total. The van der Waals surface area contributed by atoms with E-state index in [-0.39, 0.29) is 0 Å². The molecule has 0 fully saturated rings. The van der Waals surface area contributed by atoms with Crippen molar-refractivity contribution in [2.45, 2.75) is 175 Å². The monoisotopic (exact) mass is 514 g/mol. The van der Waals surface area contributed by atoms with E-state index < -0.39 is 6.29 Å². The van der Waals surface area contributed by atoms with Crippen molar-refractivity contribution >= 4 is 5.57 Å². The Bertz CT molecular complexity index is 676. The van der Waals surface area contributed by atoms with E-state index in [1.165, 1.54) is 126 Å². The fraction of sp³-hybridized carbons (Fsp3) is 0.771. The Balaban J connectivity index is 2.85. The molecule has 1 rings (SSSR count). The van der Waals surface area contributed by atoms with Crippen molar-refractivity contribution in [2.75, 3.05) is 0 Å². The Kier molecular flexibility index (Phi) is 22.0. The van der Waals surface area contributed by atoms with Gasteiger partial charge in [0.1, 0.15) is 0 Å². The number of hydrogen-bond donors (Lipinski definition) is 2. The van der Waals surface area contributed by atoms with E-state index in [0.717, 1.165) is 44.1 Å². The van der Waals surface area contributed by atoms with Crippen molar-refractivity contribution in [2.24, 2.45) is 0 Å². The molecule has 0 atom stereocenters. The van der Waals surface area contributed by atoms with Gasteiger partial charge in [0.15, 0.2) is 6.29 Å². The van der Waals surface area contributed by atoms with Gasteiger partial charge < -0.3 is 10.2 Å². The van der Waals surface area contributed by atoms with E-state index in [1.807, 2.05) is 0 Å². The molecular weight excluding hydrogens is 452 g/mol. The minimum Gasteiger partial charge on any atom is -0.365 e. The first kappa shape index (κ1) is 33.9. The third-order valence-electron chi connectivity index (χ3n) is 7.92. The molecule has 0 aliphatic heterocycles. The summed E-state index contributed by atoms with van der Waals surface area (Å²) in [6.45, 7) is 6.78. The second-order valence-corrected chi connectivity index (χ2v) is 11.3. The van der Waals surface area contributed by atoms with Gasteiger partial charge in [0.05, 0.1) is 0 Å². The predicted molar refractivity (Wildman–Crippen MR) is 164 cm³/mol. The van der Waals surface area contributed by atoms with Crippen LogP contribution in [0.25, 0.3) is 5.57 Å². The summed E-state index contributed by atoms with van der Waals surface area (Å²) in [6.07, 6.45) is 27.2. The lowest BCUT2D eigenvalue weighted by Gasteiger charge is -2.21. The normalized spacial score (nSPS) is 12.4. The molecule has 0 amide bonds. The minimum absolute atomic E-state index is 0.802. The second kappa shape index (κ2) is 24.0. The van der Waals surface area contributed by atoms with E-state index in [1.54, 1.807) is 0 Å². The molecular formula is C35H62O2. The lowest BCUT2D eigenvalue weighted by molar-refractivity contribution is -0.0100. The first-order chi connectivity index (χ1) is 18.2. The average molecular weight is 515 g/mol. The zero-order chi connectivity index (χ0) is 27.0. The highest BCUT2D eigenvalue weighted by Gasteiger charge is 2.17. The summed E-state index contributed by atoms with van der Waals surface area (Å²) < 4.78 is 0. The molecule has 0 aliphatic rings. The molecule has 1 aromatic rings. The SMILES string of the molecule is CCCCCCCCCCC(=C(CCCCCC)C(O)O)c1ccccc1CCCCCCCCCC. The lowest BCUT2D eigenvalue weighted by Crippen LogP contribution is -2.12. The van der Waals surface area contributed by atoms with Crippen LogP contribution < -0.4 is 0 Å². The Labute approximate surface area is 231 Å². The molecule has 2 heteroatoms. The van der Waals surface area contributed by atoms with Gasteiger partial charge in [-0.15, -0.1) is 0 Å². The zero-order valence-electron chi connectivity index (χ0n) is 25.0. The van der Waals surface area contributed by atoms with Crippen LogP contribution in [0.3, 0.4) is 0 Å². The molecule has 1 aromatic carbocycles. The number of aliphatic hydroxyl groups excluding tert-OH is 1. The van der Waals surface area contributed by atoms with Crippen molar-refractivity contribution < 1.29 is 10.2 Å². The minimum atomic E-state index is -1.35. The fourth-order valence-corrected chi connectivity index (χ4v) is 5.56. The summed E-state index contributed by atoms with van der Waals surface area (Å²) in [5.74, 6) is 0. The van der Waals surface area contributed by atoms with Crippen molar-refractivity contribution in [3.63, 3.8) is 0 Å². The summed E-state index contributed by atoms with van der Waals surface area (Å²) in [7, 11) is 0. The van der Waals surface area contributed by atoms with Crippen LogP contribution in [0.15, 0.2) is 29.8 Å². The van der Waals surface area contributed by atoms with Crippen molar-refractivity contribution in [1.82, 2.24) is 0 Å². The van der Waals surface area contributed by atoms with E-state index in [9.17, 15) is 10.2 Å². The molecule has 0 saturated heterocycles. The molecule has 0 aliphatic carbocycles. The quantitative estimate of drug-likeness (QED) is 0.101. The second-order valence-electron chi connectivity index (χ2n) is 11.3. The van der Waals surface area contributed by atoms with Crippen LogP contribution in [-0.4, -0.2) is 16.5 Å².